The summed E-state index contributed by atoms with van der Waals surface area (Å²) in [6.07, 6.45) is -4.44. The predicted molar refractivity (Wildman–Crippen MR) is 73.2 cm³/mol. The van der Waals surface area contributed by atoms with Crippen LogP contribution in [-0.4, -0.2) is 49.4 Å². The normalized spacial score (nSPS) is 15.5. The van der Waals surface area contributed by atoms with Gasteiger partial charge in [0.05, 0.1) is 12.1 Å². The van der Waals surface area contributed by atoms with E-state index in [0.717, 1.165) is 24.3 Å². The summed E-state index contributed by atoms with van der Waals surface area (Å²) in [7, 11) is 0. The average Bonchev–Trinajstić information content (AvgIpc) is 2.52. The number of hydrogen-bond acceptors (Lipinski definition) is 3. The van der Waals surface area contributed by atoms with Crippen LogP contribution in [0.15, 0.2) is 24.3 Å². The average molecular weight is 315 g/mol. The van der Waals surface area contributed by atoms with Gasteiger partial charge in [-0.1, -0.05) is 0 Å². The highest BCUT2D eigenvalue weighted by atomic mass is 19.4. The molecule has 120 valence electrons. The van der Waals surface area contributed by atoms with Gasteiger partial charge in [-0.05, 0) is 24.3 Å². The lowest BCUT2D eigenvalue weighted by molar-refractivity contribution is -0.137. The lowest BCUT2D eigenvalue weighted by Crippen LogP contribution is -2.49. The van der Waals surface area contributed by atoms with Gasteiger partial charge in [-0.15, -0.1) is 0 Å². The fraction of sp³-hybridized carbons (Fsp3) is 0.429. The number of halogens is 3. The zero-order chi connectivity index (χ0) is 16.2. The molecule has 0 saturated carbocycles. The van der Waals surface area contributed by atoms with Crippen molar-refractivity contribution in [2.24, 2.45) is 0 Å². The molecule has 1 aromatic rings. The maximum absolute atomic E-state index is 12.4. The van der Waals surface area contributed by atoms with Crippen LogP contribution in [0.5, 0.6) is 0 Å². The number of nitrogens with one attached hydrogen (secondary N) is 2. The van der Waals surface area contributed by atoms with Crippen molar-refractivity contribution in [3.63, 3.8) is 0 Å². The molecule has 2 N–H and O–H groups in total. The Bertz CT molecular complexity index is 537. The van der Waals surface area contributed by atoms with Gasteiger partial charge < -0.3 is 15.5 Å². The number of hydrogen-bond donors (Lipinski definition) is 2. The first-order valence-corrected chi connectivity index (χ1v) is 6.82. The highest BCUT2D eigenvalue weighted by Gasteiger charge is 2.30. The molecule has 1 aliphatic rings. The standard InChI is InChI=1S/C14H16F3N3O2/c15-14(16,17)11-3-1-10(2-4-11)13(22)19-9-12(21)20-7-5-18-6-8-20/h1-4,18H,5-9H2,(H,19,22). The molecule has 0 aromatic heterocycles. The molecule has 1 heterocycles. The van der Waals surface area contributed by atoms with E-state index >= 15 is 0 Å². The molecular weight excluding hydrogens is 299 g/mol. The van der Waals surface area contributed by atoms with Gasteiger partial charge in [0.1, 0.15) is 0 Å². The first-order chi connectivity index (χ1) is 10.4. The Labute approximate surface area is 125 Å². The summed E-state index contributed by atoms with van der Waals surface area (Å²) in [6, 6.07) is 3.86. The summed E-state index contributed by atoms with van der Waals surface area (Å²) in [5.74, 6) is -0.779. The Balaban J connectivity index is 1.88. The maximum Gasteiger partial charge on any atom is 0.416 e. The molecule has 2 amide bonds. The molecule has 0 atom stereocenters. The lowest BCUT2D eigenvalue weighted by Gasteiger charge is -2.27. The molecule has 1 saturated heterocycles. The van der Waals surface area contributed by atoms with E-state index in [1.807, 2.05) is 0 Å². The second kappa shape index (κ2) is 6.78. The summed E-state index contributed by atoms with van der Waals surface area (Å²) >= 11 is 0. The molecule has 2 rings (SSSR count). The van der Waals surface area contributed by atoms with Crippen molar-refractivity contribution in [1.29, 1.82) is 0 Å². The van der Waals surface area contributed by atoms with Gasteiger partial charge in [-0.3, -0.25) is 9.59 Å². The third-order valence-electron chi connectivity index (χ3n) is 3.34. The highest BCUT2D eigenvalue weighted by Crippen LogP contribution is 2.28. The SMILES string of the molecule is O=C(NCC(=O)N1CCNCC1)c1ccc(C(F)(F)F)cc1. The zero-order valence-corrected chi connectivity index (χ0v) is 11.7. The number of alkyl halides is 3. The Morgan fingerprint density at radius 1 is 1.14 bits per heavy atom. The molecule has 1 fully saturated rings. The lowest BCUT2D eigenvalue weighted by atomic mass is 10.1. The zero-order valence-electron chi connectivity index (χ0n) is 11.7. The molecule has 0 unspecified atom stereocenters. The number of nitrogens with zero attached hydrogens (tertiary/aromatic N) is 1. The van der Waals surface area contributed by atoms with Crippen LogP contribution in [0.25, 0.3) is 0 Å². The van der Waals surface area contributed by atoms with E-state index in [0.29, 0.717) is 26.2 Å². The maximum atomic E-state index is 12.4. The molecule has 0 aliphatic carbocycles. The third kappa shape index (κ3) is 4.20. The van der Waals surface area contributed by atoms with E-state index in [1.54, 1.807) is 4.90 Å². The van der Waals surface area contributed by atoms with Crippen LogP contribution in [0.4, 0.5) is 13.2 Å². The second-order valence-electron chi connectivity index (χ2n) is 4.89. The van der Waals surface area contributed by atoms with Crippen LogP contribution in [-0.2, 0) is 11.0 Å². The van der Waals surface area contributed by atoms with E-state index in [9.17, 15) is 22.8 Å². The monoisotopic (exact) mass is 315 g/mol. The molecule has 0 bridgehead atoms. The summed E-state index contributed by atoms with van der Waals surface area (Å²) in [5, 5.41) is 5.53. The van der Waals surface area contributed by atoms with Gasteiger partial charge in [0.15, 0.2) is 0 Å². The fourth-order valence-corrected chi connectivity index (χ4v) is 2.09. The highest BCUT2D eigenvalue weighted by molar-refractivity contribution is 5.96. The summed E-state index contributed by atoms with van der Waals surface area (Å²) in [6.45, 7) is 2.40. The molecule has 1 aliphatic heterocycles. The Kier molecular flexibility index (Phi) is 5.02. The van der Waals surface area contributed by atoms with E-state index in [-0.39, 0.29) is 18.0 Å². The van der Waals surface area contributed by atoms with Gasteiger partial charge in [0.2, 0.25) is 5.91 Å². The third-order valence-corrected chi connectivity index (χ3v) is 3.34. The molecule has 22 heavy (non-hydrogen) atoms. The molecule has 1 aromatic carbocycles. The molecule has 0 radical (unpaired) electrons. The van der Waals surface area contributed by atoms with Crippen molar-refractivity contribution in [2.45, 2.75) is 6.18 Å². The van der Waals surface area contributed by atoms with E-state index in [2.05, 4.69) is 10.6 Å². The molecule has 5 nitrogen and oxygen atoms in total. The van der Waals surface area contributed by atoms with Gasteiger partial charge in [0.25, 0.3) is 5.91 Å². The fourth-order valence-electron chi connectivity index (χ4n) is 2.09. The van der Waals surface area contributed by atoms with Crippen molar-refractivity contribution in [3.05, 3.63) is 35.4 Å². The minimum atomic E-state index is -4.44. The van der Waals surface area contributed by atoms with Crippen molar-refractivity contribution in [3.8, 4) is 0 Å². The molecular formula is C14H16F3N3O2. The van der Waals surface area contributed by atoms with Crippen molar-refractivity contribution < 1.29 is 22.8 Å². The Morgan fingerprint density at radius 2 is 1.73 bits per heavy atom. The Hall–Kier alpha value is -2.09. The second-order valence-corrected chi connectivity index (χ2v) is 4.89. The van der Waals surface area contributed by atoms with E-state index in [1.165, 1.54) is 0 Å². The number of amides is 2. The number of carbonyl (C=O) groups is 2. The summed E-state index contributed by atoms with van der Waals surface area (Å²) in [4.78, 5) is 25.3. The first-order valence-electron chi connectivity index (χ1n) is 6.82. The van der Waals surface area contributed by atoms with Crippen LogP contribution < -0.4 is 10.6 Å². The van der Waals surface area contributed by atoms with Crippen LogP contribution in [0.3, 0.4) is 0 Å². The van der Waals surface area contributed by atoms with Crippen LogP contribution in [0.2, 0.25) is 0 Å². The van der Waals surface area contributed by atoms with Crippen molar-refractivity contribution in [1.82, 2.24) is 15.5 Å². The first kappa shape index (κ1) is 16.3. The summed E-state index contributed by atoms with van der Waals surface area (Å²) < 4.78 is 37.3. The molecule has 0 spiro atoms. The number of benzene rings is 1. The quantitative estimate of drug-likeness (QED) is 0.870. The smallest absolute Gasteiger partial charge is 0.343 e. The predicted octanol–water partition coefficient (Wildman–Crippen LogP) is 0.867. The van der Waals surface area contributed by atoms with Crippen molar-refractivity contribution in [2.75, 3.05) is 32.7 Å². The van der Waals surface area contributed by atoms with Gasteiger partial charge in [-0.2, -0.15) is 13.2 Å². The van der Waals surface area contributed by atoms with Crippen LogP contribution in [0.1, 0.15) is 15.9 Å². The number of rotatable bonds is 3. The van der Waals surface area contributed by atoms with E-state index < -0.39 is 17.6 Å². The van der Waals surface area contributed by atoms with Gasteiger partial charge in [-0.25, -0.2) is 0 Å². The van der Waals surface area contributed by atoms with Crippen molar-refractivity contribution >= 4 is 11.8 Å². The topological polar surface area (TPSA) is 61.4 Å². The largest absolute Gasteiger partial charge is 0.416 e. The van der Waals surface area contributed by atoms with Crippen LogP contribution in [0, 0.1) is 0 Å². The van der Waals surface area contributed by atoms with Crippen LogP contribution >= 0.6 is 0 Å². The van der Waals surface area contributed by atoms with E-state index in [4.69, 9.17) is 0 Å². The minimum absolute atomic E-state index is 0.0844. The number of carbonyl (C=O) groups excluding carboxylic acids is 2. The molecule has 8 heteroatoms. The van der Waals surface area contributed by atoms with Gasteiger partial charge in [0, 0.05) is 31.7 Å². The van der Waals surface area contributed by atoms with Gasteiger partial charge >= 0.3 is 6.18 Å². The minimum Gasteiger partial charge on any atom is -0.343 e. The Morgan fingerprint density at radius 3 is 2.27 bits per heavy atom. The summed E-state index contributed by atoms with van der Waals surface area (Å²) in [5.41, 5.74) is -0.734. The number of piperazine rings is 1.